The van der Waals surface area contributed by atoms with E-state index < -0.39 is 22.0 Å². The normalized spacial score (nSPS) is 18.7. The number of sulfonamides is 1. The molecule has 1 aromatic carbocycles. The van der Waals surface area contributed by atoms with Gasteiger partial charge >= 0.3 is 5.97 Å². The summed E-state index contributed by atoms with van der Waals surface area (Å²) < 4.78 is 34.6. The standard InChI is InChI=1S/C17H22N4O4S/c1-12-4-5-13(10-14(12)17(22)25-3)26(23,24)21-9-6-18-11-15(21)16-19-7-8-20(16)2/h4-5,7-8,10,15,18H,6,9,11H2,1-3H3. The Bertz CT molecular complexity index is 923. The minimum Gasteiger partial charge on any atom is -0.465 e. The van der Waals surface area contributed by atoms with E-state index in [1.807, 2.05) is 11.6 Å². The SMILES string of the molecule is COC(=O)c1cc(S(=O)(=O)N2CCNCC2c2nccn2C)ccc1C. The van der Waals surface area contributed by atoms with Crippen LogP contribution in [0.5, 0.6) is 0 Å². The molecule has 1 fully saturated rings. The molecule has 0 aliphatic carbocycles. The molecule has 1 atom stereocenters. The number of piperazine rings is 1. The van der Waals surface area contributed by atoms with Gasteiger partial charge in [0.15, 0.2) is 0 Å². The Morgan fingerprint density at radius 2 is 2.15 bits per heavy atom. The van der Waals surface area contributed by atoms with Gasteiger partial charge in [0.05, 0.1) is 23.6 Å². The first-order chi connectivity index (χ1) is 12.4. The molecule has 9 heteroatoms. The highest BCUT2D eigenvalue weighted by Gasteiger charge is 2.36. The summed E-state index contributed by atoms with van der Waals surface area (Å²) in [7, 11) is -0.692. The zero-order chi connectivity index (χ0) is 18.9. The highest BCUT2D eigenvalue weighted by molar-refractivity contribution is 7.89. The number of carbonyl (C=O) groups is 1. The Kier molecular flexibility index (Phi) is 5.12. The van der Waals surface area contributed by atoms with Crippen LogP contribution in [0.25, 0.3) is 0 Å². The van der Waals surface area contributed by atoms with Crippen molar-refractivity contribution in [2.45, 2.75) is 17.9 Å². The van der Waals surface area contributed by atoms with E-state index in [1.54, 1.807) is 25.4 Å². The van der Waals surface area contributed by atoms with Crippen LogP contribution in [0.2, 0.25) is 0 Å². The minimum absolute atomic E-state index is 0.0737. The van der Waals surface area contributed by atoms with E-state index in [9.17, 15) is 13.2 Å². The number of esters is 1. The molecule has 1 aromatic heterocycles. The highest BCUT2D eigenvalue weighted by atomic mass is 32.2. The summed E-state index contributed by atoms with van der Waals surface area (Å²) in [6.07, 6.45) is 3.44. The molecule has 1 saturated heterocycles. The predicted octanol–water partition coefficient (Wildman–Crippen LogP) is 0.850. The molecule has 0 bridgehead atoms. The largest absolute Gasteiger partial charge is 0.465 e. The molecular weight excluding hydrogens is 356 g/mol. The summed E-state index contributed by atoms with van der Waals surface area (Å²) in [6.45, 7) is 3.08. The number of methoxy groups -OCH3 is 1. The summed E-state index contributed by atoms with van der Waals surface area (Å²) in [5.74, 6) is 0.113. The van der Waals surface area contributed by atoms with Crippen molar-refractivity contribution in [3.8, 4) is 0 Å². The molecule has 1 aliphatic heterocycles. The Morgan fingerprint density at radius 3 is 2.81 bits per heavy atom. The van der Waals surface area contributed by atoms with Crippen LogP contribution in [0.4, 0.5) is 0 Å². The van der Waals surface area contributed by atoms with Crippen molar-refractivity contribution in [2.24, 2.45) is 7.05 Å². The van der Waals surface area contributed by atoms with E-state index in [1.165, 1.54) is 23.5 Å². The fourth-order valence-electron chi connectivity index (χ4n) is 3.12. The second-order valence-corrected chi connectivity index (χ2v) is 8.09. The fourth-order valence-corrected chi connectivity index (χ4v) is 4.73. The average Bonchev–Trinajstić information content (AvgIpc) is 3.07. The van der Waals surface area contributed by atoms with Gasteiger partial charge in [-0.3, -0.25) is 0 Å². The maximum absolute atomic E-state index is 13.3. The molecular formula is C17H22N4O4S. The number of ether oxygens (including phenoxy) is 1. The topological polar surface area (TPSA) is 93.5 Å². The summed E-state index contributed by atoms with van der Waals surface area (Å²) in [5.41, 5.74) is 0.911. The van der Waals surface area contributed by atoms with Gasteiger partial charge in [0.25, 0.3) is 0 Å². The van der Waals surface area contributed by atoms with Gasteiger partial charge in [-0.1, -0.05) is 6.07 Å². The van der Waals surface area contributed by atoms with Gasteiger partial charge in [0.1, 0.15) is 5.82 Å². The third-order valence-corrected chi connectivity index (χ3v) is 6.48. The van der Waals surface area contributed by atoms with Crippen molar-refractivity contribution in [1.29, 1.82) is 0 Å². The third kappa shape index (κ3) is 3.25. The van der Waals surface area contributed by atoms with Crippen molar-refractivity contribution in [2.75, 3.05) is 26.7 Å². The molecule has 8 nitrogen and oxygen atoms in total. The molecule has 140 valence electrons. The lowest BCUT2D eigenvalue weighted by Crippen LogP contribution is -2.49. The molecule has 0 amide bonds. The third-order valence-electron chi connectivity index (χ3n) is 4.57. The van der Waals surface area contributed by atoms with Gasteiger partial charge in [-0.2, -0.15) is 4.31 Å². The lowest BCUT2D eigenvalue weighted by atomic mass is 10.1. The molecule has 26 heavy (non-hydrogen) atoms. The van der Waals surface area contributed by atoms with Crippen LogP contribution in [0.1, 0.15) is 27.8 Å². The first-order valence-electron chi connectivity index (χ1n) is 8.25. The van der Waals surface area contributed by atoms with Crippen molar-refractivity contribution < 1.29 is 17.9 Å². The molecule has 2 aromatic rings. The first kappa shape index (κ1) is 18.6. The van der Waals surface area contributed by atoms with E-state index in [4.69, 9.17) is 4.74 Å². The lowest BCUT2D eigenvalue weighted by molar-refractivity contribution is 0.0599. The summed E-state index contributed by atoms with van der Waals surface area (Å²) >= 11 is 0. The number of rotatable bonds is 4. The van der Waals surface area contributed by atoms with Crippen molar-refractivity contribution >= 4 is 16.0 Å². The van der Waals surface area contributed by atoms with E-state index >= 15 is 0 Å². The summed E-state index contributed by atoms with van der Waals surface area (Å²) in [6, 6.07) is 4.11. The molecule has 3 rings (SSSR count). The van der Waals surface area contributed by atoms with Crippen LogP contribution >= 0.6 is 0 Å². The van der Waals surface area contributed by atoms with Gasteiger partial charge in [0.2, 0.25) is 10.0 Å². The van der Waals surface area contributed by atoms with Crippen LogP contribution in [0.3, 0.4) is 0 Å². The van der Waals surface area contributed by atoms with Crippen molar-refractivity contribution in [1.82, 2.24) is 19.2 Å². The fraction of sp³-hybridized carbons (Fsp3) is 0.412. The summed E-state index contributed by atoms with van der Waals surface area (Å²) in [4.78, 5) is 16.3. The molecule has 1 N–H and O–H groups in total. The smallest absolute Gasteiger partial charge is 0.338 e. The van der Waals surface area contributed by atoms with Crippen LogP contribution in [0, 0.1) is 6.92 Å². The van der Waals surface area contributed by atoms with E-state index in [0.717, 1.165) is 0 Å². The average molecular weight is 378 g/mol. The van der Waals surface area contributed by atoms with E-state index in [0.29, 0.717) is 31.0 Å². The van der Waals surface area contributed by atoms with Crippen LogP contribution in [0.15, 0.2) is 35.5 Å². The monoisotopic (exact) mass is 378 g/mol. The summed E-state index contributed by atoms with van der Waals surface area (Å²) in [5, 5.41) is 3.22. The van der Waals surface area contributed by atoms with E-state index in [2.05, 4.69) is 10.3 Å². The predicted molar refractivity (Wildman–Crippen MR) is 95.2 cm³/mol. The number of hydrogen-bond acceptors (Lipinski definition) is 6. The van der Waals surface area contributed by atoms with Crippen LogP contribution in [-0.4, -0.2) is 55.0 Å². The van der Waals surface area contributed by atoms with Crippen LogP contribution < -0.4 is 5.32 Å². The molecule has 0 spiro atoms. The van der Waals surface area contributed by atoms with Gasteiger partial charge in [0, 0.05) is 39.1 Å². The second-order valence-electron chi connectivity index (χ2n) is 6.20. The molecule has 0 saturated carbocycles. The first-order valence-corrected chi connectivity index (χ1v) is 9.69. The number of aromatic nitrogens is 2. The number of hydrogen-bond donors (Lipinski definition) is 1. The van der Waals surface area contributed by atoms with E-state index in [-0.39, 0.29) is 10.5 Å². The van der Waals surface area contributed by atoms with Gasteiger partial charge in [-0.15, -0.1) is 0 Å². The molecule has 2 heterocycles. The maximum atomic E-state index is 13.3. The zero-order valence-corrected chi connectivity index (χ0v) is 15.8. The minimum atomic E-state index is -3.80. The van der Waals surface area contributed by atoms with Gasteiger partial charge in [-0.25, -0.2) is 18.2 Å². The number of nitrogens with zero attached hydrogens (tertiary/aromatic N) is 3. The maximum Gasteiger partial charge on any atom is 0.338 e. The van der Waals surface area contributed by atoms with Gasteiger partial charge < -0.3 is 14.6 Å². The Hall–Kier alpha value is -2.23. The number of nitrogens with one attached hydrogen (secondary N) is 1. The number of aryl methyl sites for hydroxylation is 2. The second kappa shape index (κ2) is 7.18. The Morgan fingerprint density at radius 1 is 1.38 bits per heavy atom. The zero-order valence-electron chi connectivity index (χ0n) is 15.0. The molecule has 1 aliphatic rings. The van der Waals surface area contributed by atoms with Gasteiger partial charge in [-0.05, 0) is 24.6 Å². The quantitative estimate of drug-likeness (QED) is 0.793. The number of benzene rings is 1. The molecule has 0 radical (unpaired) electrons. The molecule has 1 unspecified atom stereocenters. The number of carbonyl (C=O) groups excluding carboxylic acids is 1. The number of imidazole rings is 1. The highest BCUT2D eigenvalue weighted by Crippen LogP contribution is 2.29. The Balaban J connectivity index is 2.03. The van der Waals surface area contributed by atoms with Crippen LogP contribution in [-0.2, 0) is 21.8 Å². The Labute approximate surface area is 152 Å². The lowest BCUT2D eigenvalue weighted by Gasteiger charge is -2.34. The van der Waals surface area contributed by atoms with Crippen molar-refractivity contribution in [3.05, 3.63) is 47.5 Å². The van der Waals surface area contributed by atoms with Crippen molar-refractivity contribution in [3.63, 3.8) is 0 Å².